The minimum atomic E-state index is 0.431. The molecule has 0 aliphatic rings. The Morgan fingerprint density at radius 3 is 2.69 bits per heavy atom. The fourth-order valence-electron chi connectivity index (χ4n) is 2.23. The van der Waals surface area contributed by atoms with E-state index in [9.17, 15) is 5.26 Å². The highest BCUT2D eigenvalue weighted by atomic mass is 35.5. The number of aryl methyl sites for hydroxylation is 1. The van der Waals surface area contributed by atoms with Crippen LogP contribution in [-0.4, -0.2) is 4.98 Å². The molecule has 0 atom stereocenters. The van der Waals surface area contributed by atoms with Crippen molar-refractivity contribution in [2.45, 2.75) is 6.92 Å². The van der Waals surface area contributed by atoms with Gasteiger partial charge in [0.25, 0.3) is 0 Å². The van der Waals surface area contributed by atoms with E-state index in [-0.39, 0.29) is 0 Å². The number of nitrogens with zero attached hydrogens (tertiary/aromatic N) is 2. The maximum absolute atomic E-state index is 9.49. The molecular formula is C19H12Cl3N3S. The third-order valence-electron chi connectivity index (χ3n) is 3.64. The molecule has 3 rings (SSSR count). The molecule has 0 saturated carbocycles. The van der Waals surface area contributed by atoms with E-state index in [4.69, 9.17) is 34.8 Å². The van der Waals surface area contributed by atoms with Gasteiger partial charge in [0.1, 0.15) is 16.6 Å². The number of allylic oxidation sites excluding steroid dienone is 1. The molecule has 1 aromatic heterocycles. The molecule has 26 heavy (non-hydrogen) atoms. The van der Waals surface area contributed by atoms with Gasteiger partial charge in [-0.2, -0.15) is 5.26 Å². The van der Waals surface area contributed by atoms with Crippen LogP contribution in [0.4, 0.5) is 5.69 Å². The van der Waals surface area contributed by atoms with Crippen LogP contribution in [0.3, 0.4) is 0 Å². The Labute approximate surface area is 170 Å². The number of hydrogen-bond donors (Lipinski definition) is 1. The zero-order valence-corrected chi connectivity index (χ0v) is 16.6. The van der Waals surface area contributed by atoms with E-state index in [2.05, 4.69) is 16.4 Å². The van der Waals surface area contributed by atoms with Crippen LogP contribution in [-0.2, 0) is 0 Å². The normalized spacial score (nSPS) is 11.3. The van der Waals surface area contributed by atoms with Gasteiger partial charge >= 0.3 is 0 Å². The summed E-state index contributed by atoms with van der Waals surface area (Å²) in [4.78, 5) is 4.53. The van der Waals surface area contributed by atoms with Crippen molar-refractivity contribution in [1.82, 2.24) is 4.98 Å². The smallest absolute Gasteiger partial charge is 0.136 e. The number of halogens is 3. The second kappa shape index (κ2) is 8.11. The molecule has 0 unspecified atom stereocenters. The van der Waals surface area contributed by atoms with Gasteiger partial charge in [-0.3, -0.25) is 0 Å². The number of nitrogens with one attached hydrogen (secondary N) is 1. The van der Waals surface area contributed by atoms with Gasteiger partial charge in [-0.1, -0.05) is 46.9 Å². The standard InChI is InChI=1S/C19H12Cl3N3S/c1-11-2-4-14(20)7-17(11)24-9-13(8-23)19-25-18(10-26-19)12-3-5-15(21)16(22)6-12/h2-7,9-10,24H,1H3/b13-9+. The number of rotatable bonds is 4. The van der Waals surface area contributed by atoms with E-state index in [1.54, 1.807) is 18.3 Å². The molecule has 7 heteroatoms. The summed E-state index contributed by atoms with van der Waals surface area (Å²) in [7, 11) is 0. The van der Waals surface area contributed by atoms with Crippen molar-refractivity contribution >= 4 is 57.4 Å². The Hall–Kier alpha value is -2.03. The van der Waals surface area contributed by atoms with Crippen molar-refractivity contribution in [3.8, 4) is 17.3 Å². The zero-order chi connectivity index (χ0) is 18.7. The van der Waals surface area contributed by atoms with Crippen molar-refractivity contribution in [1.29, 1.82) is 5.26 Å². The minimum absolute atomic E-state index is 0.431. The van der Waals surface area contributed by atoms with Crippen molar-refractivity contribution in [2.75, 3.05) is 5.32 Å². The predicted octanol–water partition coefficient (Wildman–Crippen LogP) is 7.06. The van der Waals surface area contributed by atoms with Gasteiger partial charge in [0.05, 0.1) is 15.7 Å². The summed E-state index contributed by atoms with van der Waals surface area (Å²) in [6.07, 6.45) is 1.64. The summed E-state index contributed by atoms with van der Waals surface area (Å²) < 4.78 is 0. The second-order valence-electron chi connectivity index (χ2n) is 5.44. The number of nitriles is 1. The highest BCUT2D eigenvalue weighted by molar-refractivity contribution is 7.11. The highest BCUT2D eigenvalue weighted by Gasteiger charge is 2.10. The van der Waals surface area contributed by atoms with E-state index in [0.29, 0.717) is 25.6 Å². The van der Waals surface area contributed by atoms with E-state index >= 15 is 0 Å². The van der Waals surface area contributed by atoms with Gasteiger partial charge < -0.3 is 5.32 Å². The first-order valence-electron chi connectivity index (χ1n) is 7.52. The molecule has 1 heterocycles. The summed E-state index contributed by atoms with van der Waals surface area (Å²) in [6.45, 7) is 1.96. The third kappa shape index (κ3) is 4.20. The van der Waals surface area contributed by atoms with Gasteiger partial charge in [0, 0.05) is 27.9 Å². The summed E-state index contributed by atoms with van der Waals surface area (Å²) in [5.74, 6) is 0. The predicted molar refractivity (Wildman–Crippen MR) is 111 cm³/mol. The molecule has 2 aromatic carbocycles. The SMILES string of the molecule is Cc1ccc(Cl)cc1N/C=C(\C#N)c1nc(-c2ccc(Cl)c(Cl)c2)cs1. The van der Waals surface area contributed by atoms with Crippen LogP contribution in [0, 0.1) is 18.3 Å². The van der Waals surface area contributed by atoms with Crippen molar-refractivity contribution in [3.05, 3.63) is 73.6 Å². The summed E-state index contributed by atoms with van der Waals surface area (Å²) in [5.41, 5.74) is 3.88. The van der Waals surface area contributed by atoms with E-state index in [0.717, 1.165) is 22.5 Å². The number of hydrogen-bond acceptors (Lipinski definition) is 4. The number of anilines is 1. The average molecular weight is 421 g/mol. The zero-order valence-electron chi connectivity index (χ0n) is 13.6. The monoisotopic (exact) mass is 419 g/mol. The van der Waals surface area contributed by atoms with E-state index in [1.165, 1.54) is 11.3 Å². The molecule has 0 saturated heterocycles. The summed E-state index contributed by atoms with van der Waals surface area (Å²) in [6, 6.07) is 13.0. The lowest BCUT2D eigenvalue weighted by Crippen LogP contribution is -1.93. The molecule has 1 N–H and O–H groups in total. The maximum atomic E-state index is 9.49. The molecule has 0 aliphatic carbocycles. The lowest BCUT2D eigenvalue weighted by Gasteiger charge is -2.06. The van der Waals surface area contributed by atoms with Gasteiger partial charge in [-0.05, 0) is 36.8 Å². The van der Waals surface area contributed by atoms with Gasteiger partial charge in [-0.15, -0.1) is 11.3 Å². The first kappa shape index (κ1) is 18.8. The quantitative estimate of drug-likeness (QED) is 0.460. The maximum Gasteiger partial charge on any atom is 0.136 e. The van der Waals surface area contributed by atoms with Crippen LogP contribution in [0.15, 0.2) is 48.0 Å². The van der Waals surface area contributed by atoms with Crippen molar-refractivity contribution in [3.63, 3.8) is 0 Å². The topological polar surface area (TPSA) is 48.7 Å². The van der Waals surface area contributed by atoms with E-state index in [1.807, 2.05) is 36.6 Å². The molecule has 0 fully saturated rings. The third-order valence-corrected chi connectivity index (χ3v) is 5.49. The number of benzene rings is 2. The lowest BCUT2D eigenvalue weighted by atomic mass is 10.2. The van der Waals surface area contributed by atoms with Crippen LogP contribution in [0.25, 0.3) is 16.8 Å². The van der Waals surface area contributed by atoms with Crippen LogP contribution in [0.5, 0.6) is 0 Å². The number of thiazole rings is 1. The molecular weight excluding hydrogens is 409 g/mol. The van der Waals surface area contributed by atoms with Crippen LogP contribution < -0.4 is 5.32 Å². The fourth-order valence-corrected chi connectivity index (χ4v) is 3.49. The average Bonchev–Trinajstić information content (AvgIpc) is 3.10. The summed E-state index contributed by atoms with van der Waals surface area (Å²) in [5, 5.41) is 16.7. The molecule has 0 bridgehead atoms. The largest absolute Gasteiger partial charge is 0.360 e. The van der Waals surface area contributed by atoms with Crippen LogP contribution in [0.1, 0.15) is 10.6 Å². The molecule has 130 valence electrons. The first-order valence-corrected chi connectivity index (χ1v) is 9.53. The summed E-state index contributed by atoms with van der Waals surface area (Å²) >= 11 is 19.4. The van der Waals surface area contributed by atoms with Crippen LogP contribution in [0.2, 0.25) is 15.1 Å². The molecule has 0 spiro atoms. The van der Waals surface area contributed by atoms with E-state index < -0.39 is 0 Å². The Kier molecular flexibility index (Phi) is 5.85. The first-order chi connectivity index (χ1) is 12.5. The molecule has 3 nitrogen and oxygen atoms in total. The molecule has 0 amide bonds. The lowest BCUT2D eigenvalue weighted by molar-refractivity contribution is 1.36. The van der Waals surface area contributed by atoms with Crippen molar-refractivity contribution < 1.29 is 0 Å². The number of aromatic nitrogens is 1. The second-order valence-corrected chi connectivity index (χ2v) is 7.55. The Morgan fingerprint density at radius 1 is 1.15 bits per heavy atom. The van der Waals surface area contributed by atoms with Gasteiger partial charge in [-0.25, -0.2) is 4.98 Å². The minimum Gasteiger partial charge on any atom is -0.360 e. The Bertz CT molecular complexity index is 1030. The molecule has 0 aliphatic heterocycles. The molecule has 3 aromatic rings. The van der Waals surface area contributed by atoms with Gasteiger partial charge in [0.2, 0.25) is 0 Å². The Morgan fingerprint density at radius 2 is 1.96 bits per heavy atom. The van der Waals surface area contributed by atoms with Crippen LogP contribution >= 0.6 is 46.1 Å². The Balaban J connectivity index is 1.87. The highest BCUT2D eigenvalue weighted by Crippen LogP contribution is 2.31. The fraction of sp³-hybridized carbons (Fsp3) is 0.0526. The van der Waals surface area contributed by atoms with Gasteiger partial charge in [0.15, 0.2) is 0 Å². The molecule has 0 radical (unpaired) electrons. The van der Waals surface area contributed by atoms with Crippen molar-refractivity contribution in [2.24, 2.45) is 0 Å².